The predicted octanol–water partition coefficient (Wildman–Crippen LogP) is 4.28. The molecule has 2 aromatic carbocycles. The molecule has 1 aliphatic rings. The highest BCUT2D eigenvalue weighted by Crippen LogP contribution is 2.30. The largest absolute Gasteiger partial charge is 0.497 e. The minimum Gasteiger partial charge on any atom is -0.497 e. The molecule has 2 N–H and O–H groups in total. The van der Waals surface area contributed by atoms with Crippen LogP contribution in [0.25, 0.3) is 0 Å². The molecule has 3 rings (SSSR count). The van der Waals surface area contributed by atoms with Gasteiger partial charge in [0.2, 0.25) is 5.91 Å². The molecule has 2 atom stereocenters. The van der Waals surface area contributed by atoms with Crippen molar-refractivity contribution in [3.8, 4) is 5.75 Å². The molecule has 1 saturated heterocycles. The zero-order valence-electron chi connectivity index (χ0n) is 21.1. The van der Waals surface area contributed by atoms with Crippen molar-refractivity contribution in [2.45, 2.75) is 51.4 Å². The number of hydrogen-bond donors (Lipinski definition) is 2. The summed E-state index contributed by atoms with van der Waals surface area (Å²) in [6.45, 7) is 4.46. The fourth-order valence-corrected chi connectivity index (χ4v) is 4.22. The van der Waals surface area contributed by atoms with Gasteiger partial charge in [0.1, 0.15) is 11.8 Å². The Morgan fingerprint density at radius 2 is 1.54 bits per heavy atom. The fourth-order valence-electron chi connectivity index (χ4n) is 4.22. The Morgan fingerprint density at radius 3 is 2.05 bits per heavy atom. The molecule has 37 heavy (non-hydrogen) atoms. The highest BCUT2D eigenvalue weighted by Gasteiger charge is 2.35. The molecule has 2 unspecified atom stereocenters. The second-order valence-electron chi connectivity index (χ2n) is 9.20. The van der Waals surface area contributed by atoms with E-state index in [0.29, 0.717) is 37.2 Å². The van der Waals surface area contributed by atoms with Crippen LogP contribution in [0.3, 0.4) is 0 Å². The maximum atomic E-state index is 13.1. The van der Waals surface area contributed by atoms with E-state index in [1.165, 1.54) is 19.2 Å². The van der Waals surface area contributed by atoms with E-state index in [2.05, 4.69) is 10.6 Å². The van der Waals surface area contributed by atoms with Crippen molar-refractivity contribution < 1.29 is 32.3 Å². The number of nitrogens with one attached hydrogen (secondary N) is 2. The molecule has 7 nitrogen and oxygen atoms in total. The lowest BCUT2D eigenvalue weighted by atomic mass is 9.88. The summed E-state index contributed by atoms with van der Waals surface area (Å²) in [6, 6.07) is 9.81. The SMILES string of the molecule is CCC(C)NC(=O)C(NC(=O)c1ccc(OC)cc1)C1CCN(C(=O)c2ccc(C(F)(F)F)cc2)CC1. The number of nitrogens with zero attached hydrogens (tertiary/aromatic N) is 1. The van der Waals surface area contributed by atoms with E-state index in [1.54, 1.807) is 29.2 Å². The number of ether oxygens (including phenoxy) is 1. The summed E-state index contributed by atoms with van der Waals surface area (Å²) < 4.78 is 43.6. The molecule has 1 fully saturated rings. The third kappa shape index (κ3) is 7.24. The highest BCUT2D eigenvalue weighted by molar-refractivity contribution is 5.98. The molecule has 3 amide bonds. The number of alkyl halides is 3. The first-order valence-corrected chi connectivity index (χ1v) is 12.2. The summed E-state index contributed by atoms with van der Waals surface area (Å²) in [5.74, 6) is -0.662. The van der Waals surface area contributed by atoms with Crippen LogP contribution in [0.15, 0.2) is 48.5 Å². The maximum absolute atomic E-state index is 13.1. The van der Waals surface area contributed by atoms with Crippen molar-refractivity contribution in [1.29, 1.82) is 0 Å². The van der Waals surface area contributed by atoms with Gasteiger partial charge in [-0.2, -0.15) is 13.2 Å². The Morgan fingerprint density at radius 1 is 0.973 bits per heavy atom. The molecule has 200 valence electrons. The van der Waals surface area contributed by atoms with Crippen LogP contribution in [-0.4, -0.2) is 54.9 Å². The molecule has 0 aliphatic carbocycles. The molecule has 2 aromatic rings. The van der Waals surface area contributed by atoms with E-state index in [0.717, 1.165) is 18.6 Å². The number of likely N-dealkylation sites (tertiary alicyclic amines) is 1. The van der Waals surface area contributed by atoms with Gasteiger partial charge in [-0.05, 0) is 80.6 Å². The minimum atomic E-state index is -4.47. The van der Waals surface area contributed by atoms with Gasteiger partial charge < -0.3 is 20.3 Å². The van der Waals surface area contributed by atoms with Gasteiger partial charge in [-0.15, -0.1) is 0 Å². The van der Waals surface area contributed by atoms with Crippen LogP contribution < -0.4 is 15.4 Å². The van der Waals surface area contributed by atoms with E-state index >= 15 is 0 Å². The van der Waals surface area contributed by atoms with Gasteiger partial charge in [-0.3, -0.25) is 14.4 Å². The smallest absolute Gasteiger partial charge is 0.416 e. The number of benzene rings is 2. The number of rotatable bonds is 8. The van der Waals surface area contributed by atoms with E-state index in [-0.39, 0.29) is 29.3 Å². The topological polar surface area (TPSA) is 87.7 Å². The average molecular weight is 520 g/mol. The Bertz CT molecular complexity index is 1080. The maximum Gasteiger partial charge on any atom is 0.416 e. The quantitative estimate of drug-likeness (QED) is 0.545. The molecule has 10 heteroatoms. The standard InChI is InChI=1S/C27H32F3N3O4/c1-4-17(2)31-25(35)23(32-24(34)19-7-11-22(37-3)12-8-19)18-13-15-33(16-14-18)26(36)20-5-9-21(10-6-20)27(28,29)30/h5-12,17-18,23H,4,13-16H2,1-3H3,(H,31,35)(H,32,34). The number of piperidine rings is 1. The van der Waals surface area contributed by atoms with Crippen LogP contribution in [0.1, 0.15) is 59.4 Å². The zero-order chi connectivity index (χ0) is 27.2. The first-order chi connectivity index (χ1) is 17.5. The first kappa shape index (κ1) is 28.0. The van der Waals surface area contributed by atoms with E-state index in [1.807, 2.05) is 13.8 Å². The van der Waals surface area contributed by atoms with Crippen molar-refractivity contribution in [1.82, 2.24) is 15.5 Å². The second-order valence-corrected chi connectivity index (χ2v) is 9.20. The summed E-state index contributed by atoms with van der Waals surface area (Å²) in [4.78, 5) is 40.5. The normalized spacial score (nSPS) is 16.0. The lowest BCUT2D eigenvalue weighted by Crippen LogP contribution is -2.55. The Balaban J connectivity index is 1.68. The van der Waals surface area contributed by atoms with Gasteiger partial charge in [0.15, 0.2) is 0 Å². The first-order valence-electron chi connectivity index (χ1n) is 12.2. The lowest BCUT2D eigenvalue weighted by molar-refractivity contribution is -0.137. The molecule has 0 bridgehead atoms. The van der Waals surface area contributed by atoms with Crippen LogP contribution in [0.4, 0.5) is 13.2 Å². The molecule has 0 spiro atoms. The number of hydrogen-bond acceptors (Lipinski definition) is 4. The Hall–Kier alpha value is -3.56. The third-order valence-corrected chi connectivity index (χ3v) is 6.68. The van der Waals surface area contributed by atoms with Gasteiger partial charge in [0.25, 0.3) is 11.8 Å². The van der Waals surface area contributed by atoms with Crippen LogP contribution >= 0.6 is 0 Å². The van der Waals surface area contributed by atoms with Crippen molar-refractivity contribution in [2.75, 3.05) is 20.2 Å². The van der Waals surface area contributed by atoms with Crippen LogP contribution in [0.5, 0.6) is 5.75 Å². The van der Waals surface area contributed by atoms with Gasteiger partial charge in [0, 0.05) is 30.3 Å². The Kier molecular flexibility index (Phi) is 9.18. The van der Waals surface area contributed by atoms with Gasteiger partial charge in [-0.1, -0.05) is 6.92 Å². The van der Waals surface area contributed by atoms with Gasteiger partial charge >= 0.3 is 6.18 Å². The third-order valence-electron chi connectivity index (χ3n) is 6.68. The summed E-state index contributed by atoms with van der Waals surface area (Å²) in [5, 5.41) is 5.80. The predicted molar refractivity (Wildman–Crippen MR) is 132 cm³/mol. The van der Waals surface area contributed by atoms with Crippen LogP contribution in [0.2, 0.25) is 0 Å². The molecule has 0 saturated carbocycles. The van der Waals surface area contributed by atoms with Crippen molar-refractivity contribution in [2.24, 2.45) is 5.92 Å². The molecule has 0 aromatic heterocycles. The zero-order valence-corrected chi connectivity index (χ0v) is 21.1. The molecule has 1 aliphatic heterocycles. The van der Waals surface area contributed by atoms with Crippen LogP contribution in [0, 0.1) is 5.92 Å². The number of methoxy groups -OCH3 is 1. The number of carbonyl (C=O) groups is 3. The highest BCUT2D eigenvalue weighted by atomic mass is 19.4. The molecule has 1 heterocycles. The summed E-state index contributed by atoms with van der Waals surface area (Å²) in [7, 11) is 1.53. The molecular weight excluding hydrogens is 487 g/mol. The fraction of sp³-hybridized carbons (Fsp3) is 0.444. The van der Waals surface area contributed by atoms with E-state index in [9.17, 15) is 27.6 Å². The van der Waals surface area contributed by atoms with Gasteiger partial charge in [0.05, 0.1) is 12.7 Å². The van der Waals surface area contributed by atoms with Crippen molar-refractivity contribution in [3.63, 3.8) is 0 Å². The van der Waals surface area contributed by atoms with Gasteiger partial charge in [-0.25, -0.2) is 0 Å². The van der Waals surface area contributed by atoms with E-state index < -0.39 is 23.7 Å². The molecule has 0 radical (unpaired) electrons. The Labute approximate surface area is 214 Å². The number of halogens is 3. The summed E-state index contributed by atoms with van der Waals surface area (Å²) >= 11 is 0. The summed E-state index contributed by atoms with van der Waals surface area (Å²) in [5.41, 5.74) is -0.257. The minimum absolute atomic E-state index is 0.0748. The summed E-state index contributed by atoms with van der Waals surface area (Å²) in [6.07, 6.45) is -2.84. The monoisotopic (exact) mass is 519 g/mol. The number of carbonyl (C=O) groups excluding carboxylic acids is 3. The van der Waals surface area contributed by atoms with Crippen molar-refractivity contribution in [3.05, 3.63) is 65.2 Å². The number of amides is 3. The van der Waals surface area contributed by atoms with Crippen LogP contribution in [-0.2, 0) is 11.0 Å². The molecular formula is C27H32F3N3O4. The van der Waals surface area contributed by atoms with Crippen molar-refractivity contribution >= 4 is 17.7 Å². The lowest BCUT2D eigenvalue weighted by Gasteiger charge is -2.36. The average Bonchev–Trinajstić information content (AvgIpc) is 2.90. The second kappa shape index (κ2) is 12.1. The van der Waals surface area contributed by atoms with E-state index in [4.69, 9.17) is 4.74 Å².